The maximum absolute atomic E-state index is 6.23. The fourth-order valence-electron chi connectivity index (χ4n) is 2.43. The maximum atomic E-state index is 6.23. The Bertz CT molecular complexity index is 588. The van der Waals surface area contributed by atoms with E-state index in [1.165, 1.54) is 5.56 Å². The van der Waals surface area contributed by atoms with E-state index in [9.17, 15) is 0 Å². The van der Waals surface area contributed by atoms with E-state index in [4.69, 9.17) is 11.6 Å². The molecule has 0 atom stereocenters. The van der Waals surface area contributed by atoms with E-state index in [-0.39, 0.29) is 0 Å². The quantitative estimate of drug-likeness (QED) is 0.821. The molecule has 112 valence electrons. The third kappa shape index (κ3) is 4.02. The lowest BCUT2D eigenvalue weighted by Gasteiger charge is -2.12. The van der Waals surface area contributed by atoms with E-state index >= 15 is 0 Å². The highest BCUT2D eigenvalue weighted by Gasteiger charge is 2.11. The summed E-state index contributed by atoms with van der Waals surface area (Å²) in [5, 5.41) is 4.03. The van der Waals surface area contributed by atoms with Gasteiger partial charge in [0.1, 0.15) is 0 Å². The second-order valence-electron chi connectivity index (χ2n) is 5.13. The summed E-state index contributed by atoms with van der Waals surface area (Å²) in [4.78, 5) is 9.30. The van der Waals surface area contributed by atoms with Crippen molar-refractivity contribution in [3.63, 3.8) is 0 Å². The van der Waals surface area contributed by atoms with Crippen molar-refractivity contribution in [2.45, 2.75) is 33.6 Å². The van der Waals surface area contributed by atoms with E-state index in [1.807, 2.05) is 24.3 Å². The van der Waals surface area contributed by atoms with Crippen molar-refractivity contribution < 1.29 is 0 Å². The summed E-state index contributed by atoms with van der Waals surface area (Å²) in [6.07, 6.45) is 2.11. The van der Waals surface area contributed by atoms with Crippen LogP contribution in [0.4, 0.5) is 0 Å². The Morgan fingerprint density at radius 1 is 1.10 bits per heavy atom. The van der Waals surface area contributed by atoms with Gasteiger partial charge in [-0.15, -0.1) is 0 Å². The average Bonchev–Trinajstić information content (AvgIpc) is 2.46. The molecule has 1 heterocycles. The Balaban J connectivity index is 2.23. The minimum Gasteiger partial charge on any atom is -0.317 e. The zero-order valence-electron chi connectivity index (χ0n) is 12.9. The van der Waals surface area contributed by atoms with Crippen LogP contribution in [0.3, 0.4) is 0 Å². The highest BCUT2D eigenvalue weighted by Crippen LogP contribution is 2.26. The second-order valence-corrected chi connectivity index (χ2v) is 5.54. The number of nitrogens with zero attached hydrogens (tertiary/aromatic N) is 2. The van der Waals surface area contributed by atoms with Crippen molar-refractivity contribution in [1.82, 2.24) is 15.3 Å². The molecule has 0 aliphatic heterocycles. The van der Waals surface area contributed by atoms with Gasteiger partial charge in [-0.2, -0.15) is 0 Å². The monoisotopic (exact) mass is 303 g/mol. The van der Waals surface area contributed by atoms with E-state index in [0.717, 1.165) is 42.9 Å². The Morgan fingerprint density at radius 3 is 2.38 bits per heavy atom. The minimum atomic E-state index is 0.691. The van der Waals surface area contributed by atoms with E-state index in [1.54, 1.807) is 0 Å². The van der Waals surface area contributed by atoms with Crippen LogP contribution in [-0.4, -0.2) is 23.1 Å². The molecule has 0 aliphatic rings. The van der Waals surface area contributed by atoms with Gasteiger partial charge in [-0.1, -0.05) is 30.7 Å². The third-order valence-corrected chi connectivity index (χ3v) is 3.90. The van der Waals surface area contributed by atoms with Crippen molar-refractivity contribution >= 4 is 11.6 Å². The van der Waals surface area contributed by atoms with E-state index in [0.29, 0.717) is 10.8 Å². The lowest BCUT2D eigenvalue weighted by atomic mass is 10.1. The van der Waals surface area contributed by atoms with Crippen LogP contribution < -0.4 is 5.32 Å². The van der Waals surface area contributed by atoms with Crippen LogP contribution in [-0.2, 0) is 6.42 Å². The number of hydrogen-bond donors (Lipinski definition) is 1. The number of hydrogen-bond acceptors (Lipinski definition) is 3. The lowest BCUT2D eigenvalue weighted by molar-refractivity contribution is 0.667. The molecule has 3 nitrogen and oxygen atoms in total. The van der Waals surface area contributed by atoms with Gasteiger partial charge in [0.2, 0.25) is 0 Å². The molecule has 2 rings (SSSR count). The molecule has 0 bridgehead atoms. The number of nitrogens with one attached hydrogen (secondary N) is 1. The van der Waals surface area contributed by atoms with Gasteiger partial charge in [-0.3, -0.25) is 0 Å². The zero-order chi connectivity index (χ0) is 15.2. The largest absolute Gasteiger partial charge is 0.317 e. The molecule has 21 heavy (non-hydrogen) atoms. The van der Waals surface area contributed by atoms with Crippen molar-refractivity contribution in [2.24, 2.45) is 0 Å². The molecule has 1 aromatic heterocycles. The maximum Gasteiger partial charge on any atom is 0.161 e. The fraction of sp³-hybridized carbons (Fsp3) is 0.412. The molecule has 1 N–H and O–H groups in total. The van der Waals surface area contributed by atoms with Crippen molar-refractivity contribution in [2.75, 3.05) is 13.1 Å². The van der Waals surface area contributed by atoms with Crippen LogP contribution in [0.15, 0.2) is 24.3 Å². The van der Waals surface area contributed by atoms with Gasteiger partial charge >= 0.3 is 0 Å². The van der Waals surface area contributed by atoms with Crippen LogP contribution in [0, 0.1) is 13.8 Å². The standard InChI is InChI=1S/C17H22ClN3/c1-4-19-11-7-9-14-12(2)20-17(21-13(14)3)15-8-5-6-10-16(15)18/h5-6,8,10,19H,4,7,9,11H2,1-3H3. The number of benzene rings is 1. The predicted molar refractivity (Wildman–Crippen MR) is 88.8 cm³/mol. The van der Waals surface area contributed by atoms with Gasteiger partial charge < -0.3 is 5.32 Å². The zero-order valence-corrected chi connectivity index (χ0v) is 13.7. The summed E-state index contributed by atoms with van der Waals surface area (Å²) in [6, 6.07) is 7.71. The van der Waals surface area contributed by atoms with Crippen molar-refractivity contribution in [3.05, 3.63) is 46.2 Å². The first-order valence-corrected chi connectivity index (χ1v) is 7.81. The summed E-state index contributed by atoms with van der Waals surface area (Å²) in [6.45, 7) is 8.27. The first-order chi connectivity index (χ1) is 10.1. The normalized spacial score (nSPS) is 10.9. The second kappa shape index (κ2) is 7.53. The summed E-state index contributed by atoms with van der Waals surface area (Å²) in [5.41, 5.74) is 4.25. The van der Waals surface area contributed by atoms with Crippen LogP contribution in [0.1, 0.15) is 30.3 Å². The summed E-state index contributed by atoms with van der Waals surface area (Å²) < 4.78 is 0. The van der Waals surface area contributed by atoms with Gasteiger partial charge in [0.25, 0.3) is 0 Å². The highest BCUT2D eigenvalue weighted by atomic mass is 35.5. The highest BCUT2D eigenvalue weighted by molar-refractivity contribution is 6.33. The lowest BCUT2D eigenvalue weighted by Crippen LogP contribution is -2.15. The number of halogens is 1. The van der Waals surface area contributed by atoms with Gasteiger partial charge in [0.15, 0.2) is 5.82 Å². The van der Waals surface area contributed by atoms with Crippen LogP contribution in [0.2, 0.25) is 5.02 Å². The molecule has 4 heteroatoms. The number of aryl methyl sites for hydroxylation is 2. The minimum absolute atomic E-state index is 0.691. The van der Waals surface area contributed by atoms with Gasteiger partial charge in [-0.05, 0) is 57.5 Å². The predicted octanol–water partition coefficient (Wildman–Crippen LogP) is 3.96. The average molecular weight is 304 g/mol. The van der Waals surface area contributed by atoms with Crippen LogP contribution in [0.25, 0.3) is 11.4 Å². The summed E-state index contributed by atoms with van der Waals surface area (Å²) in [5.74, 6) is 0.714. The molecule has 0 unspecified atom stereocenters. The summed E-state index contributed by atoms with van der Waals surface area (Å²) >= 11 is 6.23. The molecule has 0 amide bonds. The first kappa shape index (κ1) is 15.9. The molecule has 2 aromatic rings. The van der Waals surface area contributed by atoms with E-state index in [2.05, 4.69) is 36.1 Å². The van der Waals surface area contributed by atoms with Crippen molar-refractivity contribution in [3.8, 4) is 11.4 Å². The molecule has 0 fully saturated rings. The molecular weight excluding hydrogens is 282 g/mol. The molecule has 0 spiro atoms. The molecule has 0 saturated heterocycles. The Hall–Kier alpha value is -1.45. The SMILES string of the molecule is CCNCCCc1c(C)nc(-c2ccccc2Cl)nc1C. The van der Waals surface area contributed by atoms with Crippen molar-refractivity contribution in [1.29, 1.82) is 0 Å². The molecule has 0 aliphatic carbocycles. The van der Waals surface area contributed by atoms with Gasteiger partial charge in [0.05, 0.1) is 5.02 Å². The number of aromatic nitrogens is 2. The van der Waals surface area contributed by atoms with Crippen LogP contribution in [0.5, 0.6) is 0 Å². The van der Waals surface area contributed by atoms with Gasteiger partial charge in [0, 0.05) is 17.0 Å². The smallest absolute Gasteiger partial charge is 0.161 e. The Labute approximate surface area is 131 Å². The first-order valence-electron chi connectivity index (χ1n) is 7.43. The molecule has 1 aromatic carbocycles. The Kier molecular flexibility index (Phi) is 5.71. The Morgan fingerprint density at radius 2 is 1.76 bits per heavy atom. The number of rotatable bonds is 6. The molecule has 0 saturated carbocycles. The van der Waals surface area contributed by atoms with Crippen LogP contribution >= 0.6 is 11.6 Å². The topological polar surface area (TPSA) is 37.8 Å². The third-order valence-electron chi connectivity index (χ3n) is 3.57. The fourth-order valence-corrected chi connectivity index (χ4v) is 2.65. The summed E-state index contributed by atoms with van der Waals surface area (Å²) in [7, 11) is 0. The molecular formula is C17H22ClN3. The molecule has 0 radical (unpaired) electrons. The van der Waals surface area contributed by atoms with Gasteiger partial charge in [-0.25, -0.2) is 9.97 Å². The van der Waals surface area contributed by atoms with E-state index < -0.39 is 0 Å².